The van der Waals surface area contributed by atoms with Gasteiger partial charge in [0.2, 0.25) is 6.04 Å². The van der Waals surface area contributed by atoms with Crippen LogP contribution in [0, 0.1) is 21.8 Å². The van der Waals surface area contributed by atoms with Crippen LogP contribution < -0.4 is 5.32 Å². The third kappa shape index (κ3) is 3.26. The van der Waals surface area contributed by atoms with E-state index >= 15 is 4.39 Å². The molecule has 5 rings (SSSR count). The molecule has 2 heterocycles. The molecule has 1 aliphatic carbocycles. The van der Waals surface area contributed by atoms with Crippen molar-refractivity contribution in [2.45, 2.75) is 49.4 Å². The highest BCUT2D eigenvalue weighted by Crippen LogP contribution is 2.59. The lowest BCUT2D eigenvalue weighted by Gasteiger charge is -2.39. The SMILES string of the molecule is C[C@@H](O)C1[C@@H]([N+](=O)[O-])[C@H](c2cccc(Cl)c2F)[C@]2(C(=O)Nc3cc(Cl)ccc32)N1CC1CC1. The van der Waals surface area contributed by atoms with Gasteiger partial charge in [0, 0.05) is 33.3 Å². The van der Waals surface area contributed by atoms with E-state index in [1.165, 1.54) is 25.1 Å². The minimum atomic E-state index is -1.60. The largest absolute Gasteiger partial charge is 0.392 e. The highest BCUT2D eigenvalue weighted by molar-refractivity contribution is 6.31. The summed E-state index contributed by atoms with van der Waals surface area (Å²) in [6.07, 6.45) is 0.702. The summed E-state index contributed by atoms with van der Waals surface area (Å²) in [7, 11) is 0. The molecule has 0 radical (unpaired) electrons. The number of amides is 1. The predicted molar refractivity (Wildman–Crippen MR) is 122 cm³/mol. The summed E-state index contributed by atoms with van der Waals surface area (Å²) in [5.41, 5.74) is -0.718. The Labute approximate surface area is 199 Å². The molecule has 1 spiro atoms. The van der Waals surface area contributed by atoms with Crippen LogP contribution >= 0.6 is 23.2 Å². The molecule has 5 atom stereocenters. The lowest BCUT2D eigenvalue weighted by atomic mass is 9.73. The first kappa shape index (κ1) is 22.5. The van der Waals surface area contributed by atoms with E-state index in [4.69, 9.17) is 23.2 Å². The number of aliphatic hydroxyl groups is 1. The van der Waals surface area contributed by atoms with E-state index in [-0.39, 0.29) is 16.5 Å². The summed E-state index contributed by atoms with van der Waals surface area (Å²) in [5.74, 6) is -2.29. The lowest BCUT2D eigenvalue weighted by Crippen LogP contribution is -2.54. The second kappa shape index (κ2) is 7.91. The molecule has 2 aromatic carbocycles. The number of anilines is 1. The van der Waals surface area contributed by atoms with Crippen molar-refractivity contribution in [2.24, 2.45) is 5.92 Å². The van der Waals surface area contributed by atoms with E-state index in [2.05, 4.69) is 5.32 Å². The molecule has 1 saturated heterocycles. The Balaban J connectivity index is 1.85. The summed E-state index contributed by atoms with van der Waals surface area (Å²) in [6, 6.07) is 6.70. The number of fused-ring (bicyclic) bond motifs is 2. The molecule has 10 heteroatoms. The van der Waals surface area contributed by atoms with Crippen molar-refractivity contribution in [1.29, 1.82) is 0 Å². The first-order chi connectivity index (χ1) is 15.7. The molecule has 174 valence electrons. The maximum atomic E-state index is 15.4. The molecule has 2 aromatic rings. The molecule has 0 bridgehead atoms. The molecule has 7 nitrogen and oxygen atoms in total. The van der Waals surface area contributed by atoms with Gasteiger partial charge < -0.3 is 10.4 Å². The standard InChI is InChI=1S/C23H22Cl2FN3O4/c1-11(30)20-21(29(32)33)18(14-3-2-4-16(25)19(14)26)23(28(20)10-12-5-6-12)15-8-7-13(24)9-17(15)27-22(23)31/h2-4,7-9,11-12,18,20-21,30H,5-6,10H2,1H3,(H,27,31)/t11-,18+,20?,21+,23-/m1/s1. The van der Waals surface area contributed by atoms with E-state index < -0.39 is 46.3 Å². The van der Waals surface area contributed by atoms with Gasteiger partial charge in [-0.05, 0) is 43.9 Å². The Bertz CT molecular complexity index is 1160. The van der Waals surface area contributed by atoms with Crippen LogP contribution in [0.3, 0.4) is 0 Å². The number of aliphatic hydroxyl groups excluding tert-OH is 1. The van der Waals surface area contributed by atoms with Crippen LogP contribution in [0.15, 0.2) is 36.4 Å². The number of nitro groups is 1. The molecule has 1 amide bonds. The van der Waals surface area contributed by atoms with Crippen molar-refractivity contribution in [3.63, 3.8) is 0 Å². The normalized spacial score (nSPS) is 29.8. The van der Waals surface area contributed by atoms with Gasteiger partial charge in [-0.15, -0.1) is 0 Å². The minimum absolute atomic E-state index is 0.0221. The molecular weight excluding hydrogens is 472 g/mol. The van der Waals surface area contributed by atoms with E-state index in [0.29, 0.717) is 22.8 Å². The van der Waals surface area contributed by atoms with E-state index in [9.17, 15) is 20.0 Å². The Hall–Kier alpha value is -2.26. The van der Waals surface area contributed by atoms with Gasteiger partial charge in [0.25, 0.3) is 5.91 Å². The monoisotopic (exact) mass is 493 g/mol. The molecule has 2 N–H and O–H groups in total. The van der Waals surface area contributed by atoms with Gasteiger partial charge in [-0.25, -0.2) is 4.39 Å². The zero-order valence-corrected chi connectivity index (χ0v) is 19.2. The Kier molecular flexibility index (Phi) is 5.40. The molecule has 1 unspecified atom stereocenters. The number of hydrogen-bond donors (Lipinski definition) is 2. The number of carbonyl (C=O) groups excluding carboxylic acids is 1. The number of nitrogens with one attached hydrogen (secondary N) is 1. The fraction of sp³-hybridized carbons (Fsp3) is 0.435. The van der Waals surface area contributed by atoms with E-state index in [0.717, 1.165) is 12.8 Å². The number of benzene rings is 2. The van der Waals surface area contributed by atoms with Crippen molar-refractivity contribution in [1.82, 2.24) is 4.90 Å². The molecule has 0 aromatic heterocycles. The zero-order valence-electron chi connectivity index (χ0n) is 17.7. The van der Waals surface area contributed by atoms with Crippen molar-refractivity contribution in [3.05, 3.63) is 73.5 Å². The first-order valence-corrected chi connectivity index (χ1v) is 11.6. The minimum Gasteiger partial charge on any atom is -0.392 e. The van der Waals surface area contributed by atoms with Crippen LogP contribution in [0.4, 0.5) is 10.1 Å². The van der Waals surface area contributed by atoms with Gasteiger partial charge in [0.1, 0.15) is 17.4 Å². The topological polar surface area (TPSA) is 95.7 Å². The fourth-order valence-electron chi connectivity index (χ4n) is 5.73. The number of carbonyl (C=O) groups is 1. The van der Waals surface area contributed by atoms with Crippen LogP contribution in [0.1, 0.15) is 36.8 Å². The van der Waals surface area contributed by atoms with E-state index in [1.807, 2.05) is 0 Å². The van der Waals surface area contributed by atoms with Crippen molar-refractivity contribution in [3.8, 4) is 0 Å². The van der Waals surface area contributed by atoms with Gasteiger partial charge in [0.15, 0.2) is 0 Å². The first-order valence-electron chi connectivity index (χ1n) is 10.8. The number of rotatable bonds is 5. The van der Waals surface area contributed by atoms with E-state index in [1.54, 1.807) is 23.1 Å². The van der Waals surface area contributed by atoms with Crippen molar-refractivity contribution >= 4 is 34.8 Å². The van der Waals surface area contributed by atoms with Gasteiger partial charge in [-0.1, -0.05) is 41.4 Å². The third-order valence-electron chi connectivity index (χ3n) is 7.15. The molecule has 1 saturated carbocycles. The maximum absolute atomic E-state index is 15.4. The van der Waals surface area contributed by atoms with Gasteiger partial charge in [0.05, 0.1) is 17.0 Å². The second-order valence-corrected chi connectivity index (χ2v) is 9.98. The maximum Gasteiger partial charge on any atom is 0.250 e. The van der Waals surface area contributed by atoms with Gasteiger partial charge >= 0.3 is 0 Å². The highest BCUT2D eigenvalue weighted by Gasteiger charge is 2.72. The van der Waals surface area contributed by atoms with Crippen LogP contribution in [-0.2, 0) is 10.3 Å². The van der Waals surface area contributed by atoms with Crippen LogP contribution in [0.5, 0.6) is 0 Å². The second-order valence-electron chi connectivity index (χ2n) is 9.13. The van der Waals surface area contributed by atoms with Crippen LogP contribution in [0.25, 0.3) is 0 Å². The Morgan fingerprint density at radius 1 is 1.33 bits per heavy atom. The predicted octanol–water partition coefficient (Wildman–Crippen LogP) is 4.18. The van der Waals surface area contributed by atoms with Crippen molar-refractivity contribution in [2.75, 3.05) is 11.9 Å². The summed E-state index contributed by atoms with van der Waals surface area (Å²) in [4.78, 5) is 27.6. The highest BCUT2D eigenvalue weighted by atomic mass is 35.5. The molecule has 2 aliphatic heterocycles. The lowest BCUT2D eigenvalue weighted by molar-refractivity contribution is -0.530. The van der Waals surface area contributed by atoms with Crippen LogP contribution in [0.2, 0.25) is 10.0 Å². The number of likely N-dealkylation sites (tertiary alicyclic amines) is 1. The number of hydrogen-bond acceptors (Lipinski definition) is 5. The van der Waals surface area contributed by atoms with Gasteiger partial charge in [-0.3, -0.25) is 19.8 Å². The van der Waals surface area contributed by atoms with Crippen LogP contribution in [-0.4, -0.2) is 45.6 Å². The van der Waals surface area contributed by atoms with Crippen molar-refractivity contribution < 1.29 is 19.2 Å². The zero-order chi connectivity index (χ0) is 23.7. The summed E-state index contributed by atoms with van der Waals surface area (Å²) < 4.78 is 15.4. The molecule has 33 heavy (non-hydrogen) atoms. The smallest absolute Gasteiger partial charge is 0.250 e. The summed E-state index contributed by atoms with van der Waals surface area (Å²) in [6.45, 7) is 1.84. The Morgan fingerprint density at radius 2 is 2.06 bits per heavy atom. The number of halogens is 3. The third-order valence-corrected chi connectivity index (χ3v) is 7.67. The quantitative estimate of drug-likeness (QED) is 0.480. The molecular formula is C23H22Cl2FN3O4. The summed E-state index contributed by atoms with van der Waals surface area (Å²) in [5, 5.41) is 26.3. The molecule has 2 fully saturated rings. The van der Waals surface area contributed by atoms with Gasteiger partial charge in [-0.2, -0.15) is 0 Å². The fourth-order valence-corrected chi connectivity index (χ4v) is 6.09. The summed E-state index contributed by atoms with van der Waals surface area (Å²) >= 11 is 12.2. The average Bonchev–Trinajstić information content (AvgIpc) is 3.45. The molecule has 3 aliphatic rings. The number of nitrogens with zero attached hydrogens (tertiary/aromatic N) is 2. The Morgan fingerprint density at radius 3 is 2.70 bits per heavy atom. The average molecular weight is 494 g/mol.